The van der Waals surface area contributed by atoms with E-state index in [0.29, 0.717) is 42.9 Å². The molecule has 0 spiro atoms. The van der Waals surface area contributed by atoms with Crippen LogP contribution >= 0.6 is 0 Å². The minimum Gasteiger partial charge on any atom is -0.493 e. The van der Waals surface area contributed by atoms with Gasteiger partial charge in [0, 0.05) is 25.3 Å². The predicted octanol–water partition coefficient (Wildman–Crippen LogP) is 3.64. The summed E-state index contributed by atoms with van der Waals surface area (Å²) in [6, 6.07) is 7.45. The van der Waals surface area contributed by atoms with Crippen molar-refractivity contribution in [3.8, 4) is 23.3 Å². The predicted molar refractivity (Wildman–Crippen MR) is 123 cm³/mol. The maximum absolute atomic E-state index is 12.0. The lowest BCUT2D eigenvalue weighted by Crippen LogP contribution is -2.30. The lowest BCUT2D eigenvalue weighted by atomic mass is 9.69. The van der Waals surface area contributed by atoms with Gasteiger partial charge in [-0.2, -0.15) is 0 Å². The largest absolute Gasteiger partial charge is 0.493 e. The number of carbonyl (C=O) groups excluding carboxylic acids is 1. The molecule has 4 rings (SSSR count). The summed E-state index contributed by atoms with van der Waals surface area (Å²) in [4.78, 5) is 20.0. The Balaban J connectivity index is 1.73. The summed E-state index contributed by atoms with van der Waals surface area (Å²) in [6.45, 7) is 0. The first kappa shape index (κ1) is 23.2. The fourth-order valence-corrected chi connectivity index (χ4v) is 4.98. The molecule has 2 aliphatic rings. The fourth-order valence-electron chi connectivity index (χ4n) is 4.47. The van der Waals surface area contributed by atoms with Gasteiger partial charge < -0.3 is 9.47 Å². The van der Waals surface area contributed by atoms with Crippen molar-refractivity contribution in [1.29, 1.82) is 0 Å². The zero-order chi connectivity index (χ0) is 23.5. The van der Waals surface area contributed by atoms with Crippen molar-refractivity contribution in [3.63, 3.8) is 0 Å². The van der Waals surface area contributed by atoms with Crippen LogP contribution in [0.5, 0.6) is 11.5 Å². The van der Waals surface area contributed by atoms with Gasteiger partial charge in [-0.25, -0.2) is 18.4 Å². The van der Waals surface area contributed by atoms with E-state index in [-0.39, 0.29) is 17.0 Å². The summed E-state index contributed by atoms with van der Waals surface area (Å²) in [7, 11) is -1.91. The highest BCUT2D eigenvalue weighted by Gasteiger charge is 2.36. The normalized spacial score (nSPS) is 18.4. The maximum atomic E-state index is 12.0. The van der Waals surface area contributed by atoms with Gasteiger partial charge in [0.25, 0.3) is 0 Å². The molecular formula is C25H28N2O5S. The molecule has 0 amide bonds. The molecule has 1 aromatic heterocycles. The Morgan fingerprint density at radius 1 is 1.09 bits per heavy atom. The standard InChI is InChI=1S/C25H28N2O5S/c1-31-22-8-7-18(17-23(22)32-21-5-3-4-6-21)25(14-10-20(28)11-15-25)13-9-19-12-16-26-24(27-19)33(2,29)30/h7-8,12,16-17,21H,3-6,10-11,14-15H2,1-2H3. The van der Waals surface area contributed by atoms with E-state index in [0.717, 1.165) is 24.7 Å². The molecule has 1 aromatic carbocycles. The van der Waals surface area contributed by atoms with Crippen LogP contribution in [-0.2, 0) is 20.0 Å². The average Bonchev–Trinajstić information content (AvgIpc) is 3.32. The first-order chi connectivity index (χ1) is 15.8. The molecule has 1 heterocycles. The van der Waals surface area contributed by atoms with Crippen molar-refractivity contribution in [3.05, 3.63) is 41.7 Å². The quantitative estimate of drug-likeness (QED) is 0.488. The number of methoxy groups -OCH3 is 1. The topological polar surface area (TPSA) is 95.5 Å². The van der Waals surface area contributed by atoms with Crippen molar-refractivity contribution >= 4 is 15.6 Å². The number of carbonyl (C=O) groups is 1. The first-order valence-electron chi connectivity index (χ1n) is 11.2. The van der Waals surface area contributed by atoms with E-state index in [2.05, 4.69) is 21.8 Å². The monoisotopic (exact) mass is 468 g/mol. The van der Waals surface area contributed by atoms with E-state index in [9.17, 15) is 13.2 Å². The maximum Gasteiger partial charge on any atom is 0.247 e. The molecule has 0 N–H and O–H groups in total. The number of aromatic nitrogens is 2. The third-order valence-electron chi connectivity index (χ3n) is 6.37. The molecule has 0 aliphatic heterocycles. The van der Waals surface area contributed by atoms with Gasteiger partial charge in [0.2, 0.25) is 15.0 Å². The fraction of sp³-hybridized carbons (Fsp3) is 0.480. The number of hydrogen-bond donors (Lipinski definition) is 0. The van der Waals surface area contributed by atoms with E-state index in [1.165, 1.54) is 19.0 Å². The van der Waals surface area contributed by atoms with Crippen LogP contribution in [0.25, 0.3) is 0 Å². The second kappa shape index (κ2) is 9.52. The SMILES string of the molecule is COc1ccc(C2(C#Cc3ccnc(S(C)(=O)=O)n3)CCC(=O)CC2)cc1OC1CCCC1. The zero-order valence-electron chi connectivity index (χ0n) is 19.0. The van der Waals surface area contributed by atoms with Crippen molar-refractivity contribution in [1.82, 2.24) is 9.97 Å². The Bertz CT molecular complexity index is 1200. The van der Waals surface area contributed by atoms with Crippen molar-refractivity contribution in [2.45, 2.75) is 68.0 Å². The molecule has 0 unspecified atom stereocenters. The Labute approximate surface area is 194 Å². The summed E-state index contributed by atoms with van der Waals surface area (Å²) in [5.74, 6) is 7.99. The van der Waals surface area contributed by atoms with Gasteiger partial charge in [0.05, 0.1) is 18.6 Å². The molecule has 0 saturated heterocycles. The number of ketones is 1. The minimum absolute atomic E-state index is 0.180. The molecule has 2 saturated carbocycles. The third-order valence-corrected chi connectivity index (χ3v) is 7.23. The Kier molecular flexibility index (Phi) is 6.71. The van der Waals surface area contributed by atoms with E-state index in [1.807, 2.05) is 18.2 Å². The van der Waals surface area contributed by atoms with Gasteiger partial charge in [-0.15, -0.1) is 0 Å². The summed E-state index contributed by atoms with van der Waals surface area (Å²) in [5.41, 5.74) is 0.732. The Morgan fingerprint density at radius 3 is 2.48 bits per heavy atom. The van der Waals surface area contributed by atoms with E-state index < -0.39 is 15.3 Å². The number of ether oxygens (including phenoxy) is 2. The molecule has 2 fully saturated rings. The lowest BCUT2D eigenvalue weighted by molar-refractivity contribution is -0.120. The second-order valence-electron chi connectivity index (χ2n) is 8.76. The zero-order valence-corrected chi connectivity index (χ0v) is 19.8. The number of sulfone groups is 1. The molecular weight excluding hydrogens is 440 g/mol. The second-order valence-corrected chi connectivity index (χ2v) is 10.7. The van der Waals surface area contributed by atoms with Crippen LogP contribution in [0.15, 0.2) is 35.6 Å². The van der Waals surface area contributed by atoms with Crippen molar-refractivity contribution < 1.29 is 22.7 Å². The van der Waals surface area contributed by atoms with Gasteiger partial charge in [-0.05, 0) is 68.2 Å². The first-order valence-corrected chi connectivity index (χ1v) is 13.1. The van der Waals surface area contributed by atoms with Crippen LogP contribution in [-0.4, -0.2) is 43.6 Å². The van der Waals surface area contributed by atoms with E-state index in [4.69, 9.17) is 9.47 Å². The lowest BCUT2D eigenvalue weighted by Gasteiger charge is -2.33. The van der Waals surface area contributed by atoms with Gasteiger partial charge in [0.1, 0.15) is 11.5 Å². The van der Waals surface area contributed by atoms with Crippen LogP contribution in [0.4, 0.5) is 0 Å². The summed E-state index contributed by atoms with van der Waals surface area (Å²) in [5, 5.41) is -0.251. The molecule has 8 heteroatoms. The van der Waals surface area contributed by atoms with Crippen LogP contribution in [0.2, 0.25) is 0 Å². The highest BCUT2D eigenvalue weighted by atomic mass is 32.2. The van der Waals surface area contributed by atoms with E-state index in [1.54, 1.807) is 13.2 Å². The minimum atomic E-state index is -3.53. The smallest absolute Gasteiger partial charge is 0.247 e. The highest BCUT2D eigenvalue weighted by molar-refractivity contribution is 7.90. The number of benzene rings is 1. The average molecular weight is 469 g/mol. The molecule has 2 aromatic rings. The Morgan fingerprint density at radius 2 is 1.82 bits per heavy atom. The van der Waals surface area contributed by atoms with Crippen molar-refractivity contribution in [2.75, 3.05) is 13.4 Å². The van der Waals surface area contributed by atoms with E-state index >= 15 is 0 Å². The number of nitrogens with zero attached hydrogens (tertiary/aromatic N) is 2. The summed E-state index contributed by atoms with van der Waals surface area (Å²) < 4.78 is 35.4. The highest BCUT2D eigenvalue weighted by Crippen LogP contribution is 2.42. The van der Waals surface area contributed by atoms with Gasteiger partial charge in [-0.1, -0.05) is 12.0 Å². The summed E-state index contributed by atoms with van der Waals surface area (Å²) >= 11 is 0. The number of rotatable bonds is 5. The number of Topliss-reactive ketones (excluding diaryl/α,β-unsaturated/α-hetero) is 1. The van der Waals surface area contributed by atoms with Gasteiger partial charge >= 0.3 is 0 Å². The van der Waals surface area contributed by atoms with Gasteiger partial charge in [0.15, 0.2) is 11.5 Å². The molecule has 0 bridgehead atoms. The van der Waals surface area contributed by atoms with Crippen molar-refractivity contribution in [2.24, 2.45) is 0 Å². The van der Waals surface area contributed by atoms with Crippen LogP contribution in [0, 0.1) is 11.8 Å². The van der Waals surface area contributed by atoms with Crippen LogP contribution in [0.3, 0.4) is 0 Å². The number of hydrogen-bond acceptors (Lipinski definition) is 7. The molecule has 7 nitrogen and oxygen atoms in total. The third kappa shape index (κ3) is 5.36. The van der Waals surface area contributed by atoms with Gasteiger partial charge in [-0.3, -0.25) is 4.79 Å². The Hall–Kier alpha value is -2.92. The molecule has 0 atom stereocenters. The molecule has 33 heavy (non-hydrogen) atoms. The molecule has 0 radical (unpaired) electrons. The van der Waals surface area contributed by atoms with Crippen LogP contribution < -0.4 is 9.47 Å². The molecule has 174 valence electrons. The summed E-state index contributed by atoms with van der Waals surface area (Å²) in [6.07, 6.45) is 9.08. The molecule has 2 aliphatic carbocycles. The van der Waals surface area contributed by atoms with Crippen LogP contribution in [0.1, 0.15) is 62.6 Å².